The average molecular weight is 344 g/mol. The lowest BCUT2D eigenvalue weighted by Crippen LogP contribution is -2.66. The predicted molar refractivity (Wildman–Crippen MR) is 87.7 cm³/mol. The zero-order chi connectivity index (χ0) is 18.0. The first kappa shape index (κ1) is 16.9. The minimum absolute atomic E-state index is 0.146. The quantitative estimate of drug-likeness (QED) is 0.790. The highest BCUT2D eigenvalue weighted by molar-refractivity contribution is 5.95. The summed E-state index contributed by atoms with van der Waals surface area (Å²) < 4.78 is 0. The van der Waals surface area contributed by atoms with Crippen LogP contribution in [0.4, 0.5) is 0 Å². The number of carbonyl (C=O) groups excluding carboxylic acids is 4. The van der Waals surface area contributed by atoms with E-state index in [-0.39, 0.29) is 43.5 Å². The van der Waals surface area contributed by atoms with E-state index in [1.54, 1.807) is 30.3 Å². The number of fused-ring (bicyclic) bond motifs is 1. The first-order chi connectivity index (χ1) is 12.0. The molecule has 8 heteroatoms. The molecule has 1 aromatic rings. The molecule has 0 saturated carbocycles. The van der Waals surface area contributed by atoms with Gasteiger partial charge in [-0.25, -0.2) is 10.0 Å². The summed E-state index contributed by atoms with van der Waals surface area (Å²) in [7, 11) is 0. The highest BCUT2D eigenvalue weighted by Gasteiger charge is 2.43. The van der Waals surface area contributed by atoms with E-state index < -0.39 is 18.0 Å². The number of hydrogen-bond donors (Lipinski definition) is 2. The standard InChI is InChI=1S/C17H20N4O4/c18-16(24)13-9-12(19-17(25)11-5-2-1-3-6-11)10-20-14(22)7-4-8-15(23)21(13)20/h1-3,5-6,12-13H,4,7-10H2,(H2,18,24)(H,19,25). The molecule has 1 aromatic carbocycles. The summed E-state index contributed by atoms with van der Waals surface area (Å²) in [5.41, 5.74) is 5.94. The maximum atomic E-state index is 12.4. The molecule has 8 nitrogen and oxygen atoms in total. The summed E-state index contributed by atoms with van der Waals surface area (Å²) in [5.74, 6) is -1.51. The summed E-state index contributed by atoms with van der Waals surface area (Å²) in [5, 5.41) is 5.28. The Hall–Kier alpha value is -2.90. The molecule has 0 bridgehead atoms. The molecule has 2 aliphatic rings. The molecule has 2 unspecified atom stereocenters. The van der Waals surface area contributed by atoms with Crippen LogP contribution in [0.2, 0.25) is 0 Å². The van der Waals surface area contributed by atoms with E-state index in [2.05, 4.69) is 5.32 Å². The molecule has 2 heterocycles. The van der Waals surface area contributed by atoms with Crippen molar-refractivity contribution in [2.24, 2.45) is 5.73 Å². The molecule has 3 N–H and O–H groups in total. The number of benzene rings is 1. The molecule has 2 atom stereocenters. The summed E-state index contributed by atoms with van der Waals surface area (Å²) in [6, 6.07) is 7.26. The topological polar surface area (TPSA) is 113 Å². The number of carbonyl (C=O) groups is 4. The van der Waals surface area contributed by atoms with Gasteiger partial charge in [0.05, 0.1) is 12.6 Å². The van der Waals surface area contributed by atoms with Crippen molar-refractivity contribution in [1.82, 2.24) is 15.3 Å². The van der Waals surface area contributed by atoms with Crippen molar-refractivity contribution in [3.8, 4) is 0 Å². The van der Waals surface area contributed by atoms with Gasteiger partial charge in [0.1, 0.15) is 6.04 Å². The highest BCUT2D eigenvalue weighted by atomic mass is 16.2. The van der Waals surface area contributed by atoms with Crippen LogP contribution < -0.4 is 11.1 Å². The second-order valence-electron chi connectivity index (χ2n) is 6.26. The van der Waals surface area contributed by atoms with Crippen molar-refractivity contribution in [1.29, 1.82) is 0 Å². The number of primary amides is 1. The van der Waals surface area contributed by atoms with Crippen LogP contribution in [0.15, 0.2) is 30.3 Å². The molecule has 3 rings (SSSR count). The number of nitrogens with zero attached hydrogens (tertiary/aromatic N) is 2. The van der Waals surface area contributed by atoms with E-state index >= 15 is 0 Å². The molecule has 2 saturated heterocycles. The monoisotopic (exact) mass is 344 g/mol. The van der Waals surface area contributed by atoms with Gasteiger partial charge in [0.15, 0.2) is 0 Å². The Balaban J connectivity index is 1.81. The van der Waals surface area contributed by atoms with Crippen LogP contribution in [0.25, 0.3) is 0 Å². The van der Waals surface area contributed by atoms with E-state index in [9.17, 15) is 19.2 Å². The number of rotatable bonds is 3. The fraction of sp³-hybridized carbons (Fsp3) is 0.412. The van der Waals surface area contributed by atoms with Crippen LogP contribution in [0.3, 0.4) is 0 Å². The van der Waals surface area contributed by atoms with Gasteiger partial charge in [0.2, 0.25) is 17.7 Å². The third-order valence-electron chi connectivity index (χ3n) is 4.48. The molecule has 2 fully saturated rings. The summed E-state index contributed by atoms with van der Waals surface area (Å²) in [6.45, 7) is 0.146. The Morgan fingerprint density at radius 1 is 1.08 bits per heavy atom. The number of amides is 4. The first-order valence-corrected chi connectivity index (χ1v) is 8.25. The van der Waals surface area contributed by atoms with Crippen molar-refractivity contribution in [2.75, 3.05) is 6.54 Å². The van der Waals surface area contributed by atoms with Crippen molar-refractivity contribution < 1.29 is 19.2 Å². The third kappa shape index (κ3) is 3.47. The Bertz CT molecular complexity index is 706. The SMILES string of the molecule is NC(=O)C1CC(NC(=O)c2ccccc2)CN2C(=O)CCCC(=O)N12. The van der Waals surface area contributed by atoms with Crippen LogP contribution in [-0.2, 0) is 14.4 Å². The highest BCUT2D eigenvalue weighted by Crippen LogP contribution is 2.24. The van der Waals surface area contributed by atoms with Gasteiger partial charge in [0, 0.05) is 24.8 Å². The molecule has 2 aliphatic heterocycles. The number of nitrogens with two attached hydrogens (primary N) is 1. The maximum Gasteiger partial charge on any atom is 0.251 e. The van der Waals surface area contributed by atoms with E-state index in [1.807, 2.05) is 0 Å². The maximum absolute atomic E-state index is 12.4. The lowest BCUT2D eigenvalue weighted by molar-refractivity contribution is -0.176. The van der Waals surface area contributed by atoms with Gasteiger partial charge in [-0.2, -0.15) is 0 Å². The largest absolute Gasteiger partial charge is 0.368 e. The average Bonchev–Trinajstić information content (AvgIpc) is 2.74. The van der Waals surface area contributed by atoms with Gasteiger partial charge in [-0.15, -0.1) is 0 Å². The van der Waals surface area contributed by atoms with Crippen molar-refractivity contribution >= 4 is 23.6 Å². The predicted octanol–water partition coefficient (Wildman–Crippen LogP) is -0.201. The van der Waals surface area contributed by atoms with Crippen LogP contribution in [0.1, 0.15) is 36.0 Å². The van der Waals surface area contributed by atoms with Gasteiger partial charge >= 0.3 is 0 Å². The van der Waals surface area contributed by atoms with Crippen LogP contribution in [-0.4, -0.2) is 52.3 Å². The lowest BCUT2D eigenvalue weighted by atomic mass is 10.0. The molecular formula is C17H20N4O4. The van der Waals surface area contributed by atoms with Crippen molar-refractivity contribution in [3.63, 3.8) is 0 Å². The van der Waals surface area contributed by atoms with Crippen molar-refractivity contribution in [3.05, 3.63) is 35.9 Å². The molecule has 132 valence electrons. The van der Waals surface area contributed by atoms with Crippen LogP contribution in [0, 0.1) is 0 Å². The molecular weight excluding hydrogens is 324 g/mol. The minimum Gasteiger partial charge on any atom is -0.368 e. The third-order valence-corrected chi connectivity index (χ3v) is 4.48. The second-order valence-corrected chi connectivity index (χ2v) is 6.26. The fourth-order valence-electron chi connectivity index (χ4n) is 3.27. The Kier molecular flexibility index (Phi) is 4.69. The fourth-order valence-corrected chi connectivity index (χ4v) is 3.27. The first-order valence-electron chi connectivity index (χ1n) is 8.25. The second kappa shape index (κ2) is 6.92. The van der Waals surface area contributed by atoms with E-state index in [0.29, 0.717) is 12.0 Å². The molecule has 0 spiro atoms. The zero-order valence-corrected chi connectivity index (χ0v) is 13.7. The smallest absolute Gasteiger partial charge is 0.251 e. The summed E-state index contributed by atoms with van der Waals surface area (Å²) in [4.78, 5) is 48.8. The molecule has 4 amide bonds. The van der Waals surface area contributed by atoms with Gasteiger partial charge in [0.25, 0.3) is 5.91 Å². The number of hydrazine groups is 1. The van der Waals surface area contributed by atoms with Gasteiger partial charge < -0.3 is 11.1 Å². The number of nitrogens with one attached hydrogen (secondary N) is 1. The molecule has 0 aliphatic carbocycles. The number of hydrogen-bond acceptors (Lipinski definition) is 4. The molecule has 25 heavy (non-hydrogen) atoms. The molecule has 0 aromatic heterocycles. The molecule has 0 radical (unpaired) electrons. The Labute approximate surface area is 144 Å². The normalized spacial score (nSPS) is 23.7. The lowest BCUT2D eigenvalue weighted by Gasteiger charge is -2.45. The zero-order valence-electron chi connectivity index (χ0n) is 13.7. The van der Waals surface area contributed by atoms with Crippen LogP contribution >= 0.6 is 0 Å². The Morgan fingerprint density at radius 3 is 2.44 bits per heavy atom. The van der Waals surface area contributed by atoms with E-state index in [0.717, 1.165) is 0 Å². The minimum atomic E-state index is -0.940. The van der Waals surface area contributed by atoms with E-state index in [1.165, 1.54) is 10.0 Å². The van der Waals surface area contributed by atoms with Gasteiger partial charge in [-0.1, -0.05) is 18.2 Å². The van der Waals surface area contributed by atoms with Gasteiger partial charge in [-0.3, -0.25) is 19.2 Å². The van der Waals surface area contributed by atoms with E-state index in [4.69, 9.17) is 5.73 Å². The van der Waals surface area contributed by atoms with Gasteiger partial charge in [-0.05, 0) is 18.6 Å². The van der Waals surface area contributed by atoms with Crippen molar-refractivity contribution in [2.45, 2.75) is 37.8 Å². The van der Waals surface area contributed by atoms with Crippen LogP contribution in [0.5, 0.6) is 0 Å². The Morgan fingerprint density at radius 2 is 1.76 bits per heavy atom. The summed E-state index contributed by atoms with van der Waals surface area (Å²) in [6.07, 6.45) is 1.06. The summed E-state index contributed by atoms with van der Waals surface area (Å²) >= 11 is 0.